The van der Waals surface area contributed by atoms with Crippen LogP contribution in [0.4, 0.5) is 0 Å². The monoisotopic (exact) mass is 660 g/mol. The van der Waals surface area contributed by atoms with Gasteiger partial charge in [0.05, 0.1) is 42.1 Å². The Morgan fingerprint density at radius 3 is 2.47 bits per heavy atom. The van der Waals surface area contributed by atoms with E-state index in [4.69, 9.17) is 26.1 Å². The summed E-state index contributed by atoms with van der Waals surface area (Å²) in [6.07, 6.45) is 6.73. The second-order valence-electron chi connectivity index (χ2n) is 11.0. The van der Waals surface area contributed by atoms with Gasteiger partial charge in [0.25, 0.3) is 10.0 Å². The Bertz CT molecular complexity index is 2130. The number of nitrogens with zero attached hydrogens (tertiary/aromatic N) is 5. The van der Waals surface area contributed by atoms with Gasteiger partial charge in [0.1, 0.15) is 16.3 Å². The van der Waals surface area contributed by atoms with Crippen LogP contribution in [0.1, 0.15) is 16.0 Å². The van der Waals surface area contributed by atoms with Crippen molar-refractivity contribution in [1.29, 1.82) is 0 Å². The summed E-state index contributed by atoms with van der Waals surface area (Å²) in [5.41, 5.74) is 3.59. The average molecular weight is 661 g/mol. The second-order valence-corrected chi connectivity index (χ2v) is 14.3. The summed E-state index contributed by atoms with van der Waals surface area (Å²) in [5.74, 6) is 0.806. The summed E-state index contributed by atoms with van der Waals surface area (Å²) in [4.78, 5) is 10.5. The number of nitrogens with one attached hydrogen (secondary N) is 1. The minimum atomic E-state index is -4.05. The van der Waals surface area contributed by atoms with Gasteiger partial charge in [-0.15, -0.1) is 11.3 Å². The van der Waals surface area contributed by atoms with Crippen LogP contribution in [0.25, 0.3) is 32.9 Å². The Kier molecular flexibility index (Phi) is 7.49. The summed E-state index contributed by atoms with van der Waals surface area (Å²) in [6, 6.07) is 16.5. The molecule has 7 rings (SSSR count). The molecule has 0 aliphatic carbocycles. The van der Waals surface area contributed by atoms with Gasteiger partial charge in [-0.3, -0.25) is 10.00 Å². The van der Waals surface area contributed by atoms with Crippen molar-refractivity contribution >= 4 is 44.0 Å². The first-order chi connectivity index (χ1) is 21.7. The molecule has 0 unspecified atom stereocenters. The maximum Gasteiger partial charge on any atom is 0.269 e. The molecule has 2 aromatic carbocycles. The zero-order valence-electron chi connectivity index (χ0n) is 24.7. The van der Waals surface area contributed by atoms with Gasteiger partial charge in [-0.25, -0.2) is 22.4 Å². The Morgan fingerprint density at radius 1 is 1.07 bits per heavy atom. The van der Waals surface area contributed by atoms with E-state index in [0.29, 0.717) is 52.0 Å². The quantitative estimate of drug-likeness (QED) is 0.208. The SMILES string of the molecule is COc1ccc(CNC2(c3cnc(-c4c(Cl)cnc5c4cc(-c4cnn(C)c4)n5S(=O)(=O)c4ccc(C)cc4)s3)COC2)cc1. The average Bonchev–Trinajstić information content (AvgIpc) is 3.76. The van der Waals surface area contributed by atoms with Crippen LogP contribution in [0.15, 0.2) is 84.3 Å². The molecule has 1 saturated heterocycles. The fourth-order valence-electron chi connectivity index (χ4n) is 5.39. The van der Waals surface area contributed by atoms with Crippen LogP contribution in [0.2, 0.25) is 5.02 Å². The summed E-state index contributed by atoms with van der Waals surface area (Å²) >= 11 is 8.31. The van der Waals surface area contributed by atoms with Crippen LogP contribution < -0.4 is 10.1 Å². The molecule has 1 fully saturated rings. The molecule has 4 aromatic heterocycles. The Balaban J connectivity index is 1.32. The van der Waals surface area contributed by atoms with E-state index in [1.54, 1.807) is 61.6 Å². The predicted octanol–water partition coefficient (Wildman–Crippen LogP) is 5.78. The van der Waals surface area contributed by atoms with Crippen molar-refractivity contribution in [3.63, 3.8) is 0 Å². The number of aryl methyl sites for hydroxylation is 2. The van der Waals surface area contributed by atoms with E-state index in [9.17, 15) is 8.42 Å². The fourth-order valence-corrected chi connectivity index (χ4v) is 8.30. The molecule has 0 atom stereocenters. The lowest BCUT2D eigenvalue weighted by Gasteiger charge is -2.41. The van der Waals surface area contributed by atoms with E-state index in [1.807, 2.05) is 37.4 Å². The molecule has 0 spiro atoms. The second kappa shape index (κ2) is 11.4. The predicted molar refractivity (Wildman–Crippen MR) is 174 cm³/mol. The van der Waals surface area contributed by atoms with Crippen LogP contribution in [-0.4, -0.2) is 52.5 Å². The van der Waals surface area contributed by atoms with Crippen molar-refractivity contribution in [2.75, 3.05) is 20.3 Å². The van der Waals surface area contributed by atoms with E-state index in [2.05, 4.69) is 15.4 Å². The minimum Gasteiger partial charge on any atom is -0.497 e. The largest absolute Gasteiger partial charge is 0.497 e. The third-order valence-corrected chi connectivity index (χ3v) is 11.2. The van der Waals surface area contributed by atoms with Crippen LogP contribution in [0.5, 0.6) is 5.75 Å². The third-order valence-electron chi connectivity index (χ3n) is 7.98. The number of hydrogen-bond donors (Lipinski definition) is 1. The summed E-state index contributed by atoms with van der Waals surface area (Å²) < 4.78 is 42.2. The van der Waals surface area contributed by atoms with Gasteiger partial charge in [-0.1, -0.05) is 41.4 Å². The molecular weight excluding hydrogens is 632 g/mol. The Hall–Kier alpha value is -4.07. The number of aromatic nitrogens is 5. The Morgan fingerprint density at radius 2 is 1.82 bits per heavy atom. The number of thiazole rings is 1. The zero-order valence-corrected chi connectivity index (χ0v) is 27.1. The maximum absolute atomic E-state index is 14.2. The minimum absolute atomic E-state index is 0.153. The molecule has 6 aromatic rings. The maximum atomic E-state index is 14.2. The zero-order chi connectivity index (χ0) is 31.3. The fraction of sp³-hybridized carbons (Fsp3) is 0.219. The van der Waals surface area contributed by atoms with Crippen LogP contribution >= 0.6 is 22.9 Å². The highest BCUT2D eigenvalue weighted by molar-refractivity contribution is 7.90. The molecule has 1 aliphatic rings. The van der Waals surface area contributed by atoms with Gasteiger partial charge in [0.15, 0.2) is 5.65 Å². The van der Waals surface area contributed by atoms with E-state index in [1.165, 1.54) is 21.5 Å². The summed E-state index contributed by atoms with van der Waals surface area (Å²) in [5, 5.41) is 9.55. The van der Waals surface area contributed by atoms with Gasteiger partial charge in [0.2, 0.25) is 0 Å². The molecule has 0 bridgehead atoms. The van der Waals surface area contributed by atoms with Crippen LogP contribution in [-0.2, 0) is 33.9 Å². The van der Waals surface area contributed by atoms with Crippen molar-refractivity contribution in [3.05, 3.63) is 100 Å². The number of methoxy groups -OCH3 is 1. The first-order valence-electron chi connectivity index (χ1n) is 14.1. The highest BCUT2D eigenvalue weighted by Crippen LogP contribution is 2.43. The number of halogens is 1. The van der Waals surface area contributed by atoms with Gasteiger partial charge in [0, 0.05) is 53.6 Å². The summed E-state index contributed by atoms with van der Waals surface area (Å²) in [7, 11) is -0.617. The standard InChI is InChI=1S/C32H29ClN6O4S2/c1-20-4-10-24(11-5-20)45(40,41)39-27(22-14-37-38(2)17-22)12-25-29(26(33)15-34-30(25)39)31-35-16-28(44-31)32(18-43-19-32)36-13-21-6-8-23(42-3)9-7-21/h4-12,14-17,36H,13,18-19H2,1-3H3. The number of ether oxygens (including phenoxy) is 2. The first kappa shape index (κ1) is 29.6. The topological polar surface area (TPSA) is 113 Å². The molecule has 230 valence electrons. The summed E-state index contributed by atoms with van der Waals surface area (Å²) in [6.45, 7) is 3.55. The highest BCUT2D eigenvalue weighted by atomic mass is 35.5. The number of fused-ring (bicyclic) bond motifs is 1. The number of benzene rings is 2. The first-order valence-corrected chi connectivity index (χ1v) is 16.8. The van der Waals surface area contributed by atoms with E-state index in [0.717, 1.165) is 21.8 Å². The lowest BCUT2D eigenvalue weighted by molar-refractivity contribution is -0.0778. The van der Waals surface area contributed by atoms with Crippen molar-refractivity contribution in [2.45, 2.75) is 23.9 Å². The van der Waals surface area contributed by atoms with E-state index in [-0.39, 0.29) is 10.5 Å². The normalized spacial score (nSPS) is 14.5. The molecule has 0 saturated carbocycles. The molecule has 5 heterocycles. The molecule has 1 aliphatic heterocycles. The molecule has 45 heavy (non-hydrogen) atoms. The smallest absolute Gasteiger partial charge is 0.269 e. The molecule has 10 nitrogen and oxygen atoms in total. The molecule has 0 radical (unpaired) electrons. The molecule has 13 heteroatoms. The van der Waals surface area contributed by atoms with Crippen molar-refractivity contribution in [1.82, 2.24) is 29.0 Å². The van der Waals surface area contributed by atoms with Crippen LogP contribution in [0.3, 0.4) is 0 Å². The van der Waals surface area contributed by atoms with Gasteiger partial charge in [-0.2, -0.15) is 5.10 Å². The molecule has 0 amide bonds. The number of hydrogen-bond acceptors (Lipinski definition) is 9. The van der Waals surface area contributed by atoms with E-state index < -0.39 is 15.6 Å². The third kappa shape index (κ3) is 5.22. The van der Waals surface area contributed by atoms with Crippen molar-refractivity contribution in [2.24, 2.45) is 7.05 Å². The molecular formula is C32H29ClN6O4S2. The molecule has 1 N–H and O–H groups in total. The Labute approximate surface area is 269 Å². The van der Waals surface area contributed by atoms with Gasteiger partial charge >= 0.3 is 0 Å². The number of pyridine rings is 1. The lowest BCUT2D eigenvalue weighted by atomic mass is 9.95. The van der Waals surface area contributed by atoms with Gasteiger partial charge < -0.3 is 9.47 Å². The van der Waals surface area contributed by atoms with Crippen molar-refractivity contribution in [3.8, 4) is 27.6 Å². The van der Waals surface area contributed by atoms with Crippen molar-refractivity contribution < 1.29 is 17.9 Å². The highest BCUT2D eigenvalue weighted by Gasteiger charge is 2.42. The van der Waals surface area contributed by atoms with Crippen LogP contribution in [0, 0.1) is 6.92 Å². The number of rotatable bonds is 9. The van der Waals surface area contributed by atoms with Gasteiger partial charge in [-0.05, 0) is 42.8 Å². The van der Waals surface area contributed by atoms with E-state index >= 15 is 0 Å². The lowest BCUT2D eigenvalue weighted by Crippen LogP contribution is -2.56.